The van der Waals surface area contributed by atoms with Crippen molar-refractivity contribution in [3.8, 4) is 17.3 Å². The fourth-order valence-electron chi connectivity index (χ4n) is 3.72. The quantitative estimate of drug-likeness (QED) is 0.342. The van der Waals surface area contributed by atoms with E-state index in [0.29, 0.717) is 27.3 Å². The Balaban J connectivity index is 1.67. The number of nitrogens with one attached hydrogen (secondary N) is 2. The van der Waals surface area contributed by atoms with Crippen LogP contribution in [-0.4, -0.2) is 34.9 Å². The van der Waals surface area contributed by atoms with Crippen LogP contribution >= 0.6 is 11.6 Å². The fraction of sp³-hybridized carbons (Fsp3) is 0.143. The molecule has 4 heterocycles. The molecule has 4 aromatic heterocycles. The standard InChI is InChI=1S/C21H17ClFN9O2/c1-9-6-14(29-28-9)32-13(7-11-4-3-5-12(22)15(11)20(32)33)10(2)27-18-16(17(24)25-8-26-18)19-30-31-21(23)34-19/h3-8,10H,1-2H3,(H,28,29)(H3,24,25,26,27). The molecule has 0 radical (unpaired) electrons. The normalized spacial score (nSPS) is 12.2. The van der Waals surface area contributed by atoms with E-state index in [1.54, 1.807) is 24.3 Å². The van der Waals surface area contributed by atoms with Gasteiger partial charge in [0.15, 0.2) is 5.82 Å². The number of benzene rings is 1. The van der Waals surface area contributed by atoms with Crippen molar-refractivity contribution in [2.24, 2.45) is 0 Å². The summed E-state index contributed by atoms with van der Waals surface area (Å²) >= 11 is 6.35. The minimum atomic E-state index is -1.12. The molecule has 0 saturated heterocycles. The Labute approximate surface area is 195 Å². The van der Waals surface area contributed by atoms with Crippen LogP contribution in [0.4, 0.5) is 16.0 Å². The van der Waals surface area contributed by atoms with Gasteiger partial charge in [0.2, 0.25) is 0 Å². The second-order valence-corrected chi connectivity index (χ2v) is 7.94. The Kier molecular flexibility index (Phi) is 5.21. The summed E-state index contributed by atoms with van der Waals surface area (Å²) in [5.41, 5.74) is 7.13. The predicted molar refractivity (Wildman–Crippen MR) is 123 cm³/mol. The van der Waals surface area contributed by atoms with Gasteiger partial charge in [0.25, 0.3) is 11.4 Å². The molecule has 13 heteroatoms. The number of aryl methyl sites for hydroxylation is 1. The Morgan fingerprint density at radius 3 is 2.79 bits per heavy atom. The average Bonchev–Trinajstić information content (AvgIpc) is 3.41. The predicted octanol–water partition coefficient (Wildman–Crippen LogP) is 3.41. The van der Waals surface area contributed by atoms with E-state index in [0.717, 1.165) is 5.69 Å². The van der Waals surface area contributed by atoms with E-state index in [4.69, 9.17) is 21.8 Å². The van der Waals surface area contributed by atoms with Crippen LogP contribution in [0.3, 0.4) is 0 Å². The lowest BCUT2D eigenvalue weighted by Gasteiger charge is -2.21. The van der Waals surface area contributed by atoms with Crippen LogP contribution in [0.2, 0.25) is 5.02 Å². The smallest absolute Gasteiger partial charge is 0.394 e. The number of rotatable bonds is 5. The first kappa shape index (κ1) is 21.5. The van der Waals surface area contributed by atoms with Crippen LogP contribution < -0.4 is 16.6 Å². The number of aromatic amines is 1. The SMILES string of the molecule is Cc1cc(-n2c(C(C)Nc3ncnc(N)c3-c3nnc(F)o3)cc3cccc(Cl)c3c2=O)n[nH]1. The number of H-pyrrole nitrogens is 1. The van der Waals surface area contributed by atoms with Crippen molar-refractivity contribution in [1.29, 1.82) is 0 Å². The van der Waals surface area contributed by atoms with Crippen LogP contribution in [-0.2, 0) is 0 Å². The molecule has 0 saturated carbocycles. The molecule has 4 N–H and O–H groups in total. The number of anilines is 2. The molecule has 0 bridgehead atoms. The third-order valence-corrected chi connectivity index (χ3v) is 5.55. The minimum Gasteiger partial charge on any atom is -0.394 e. The van der Waals surface area contributed by atoms with Crippen molar-refractivity contribution >= 4 is 34.0 Å². The maximum atomic E-state index is 13.6. The molecule has 34 heavy (non-hydrogen) atoms. The van der Waals surface area contributed by atoms with Crippen LogP contribution in [0.1, 0.15) is 24.4 Å². The maximum Gasteiger partial charge on any atom is 0.402 e. The first-order valence-corrected chi connectivity index (χ1v) is 10.4. The molecule has 0 amide bonds. The van der Waals surface area contributed by atoms with Crippen molar-refractivity contribution in [2.45, 2.75) is 19.9 Å². The van der Waals surface area contributed by atoms with Crippen molar-refractivity contribution in [1.82, 2.24) is 34.9 Å². The number of halogens is 2. The van der Waals surface area contributed by atoms with Gasteiger partial charge in [-0.3, -0.25) is 14.5 Å². The summed E-state index contributed by atoms with van der Waals surface area (Å²) < 4.78 is 19.7. The van der Waals surface area contributed by atoms with Gasteiger partial charge in [0.05, 0.1) is 22.1 Å². The highest BCUT2D eigenvalue weighted by Gasteiger charge is 2.23. The highest BCUT2D eigenvalue weighted by molar-refractivity contribution is 6.35. The third-order valence-electron chi connectivity index (χ3n) is 5.23. The molecule has 0 spiro atoms. The fourth-order valence-corrected chi connectivity index (χ4v) is 3.98. The molecule has 1 aromatic carbocycles. The second-order valence-electron chi connectivity index (χ2n) is 7.53. The van der Waals surface area contributed by atoms with Crippen molar-refractivity contribution in [3.05, 3.63) is 69.6 Å². The summed E-state index contributed by atoms with van der Waals surface area (Å²) in [5.74, 6) is 0.441. The van der Waals surface area contributed by atoms with Gasteiger partial charge in [-0.1, -0.05) is 28.8 Å². The highest BCUT2D eigenvalue weighted by atomic mass is 35.5. The van der Waals surface area contributed by atoms with E-state index in [9.17, 15) is 9.18 Å². The molecule has 0 aliphatic carbocycles. The first-order valence-electron chi connectivity index (χ1n) is 10.1. The number of nitrogens with zero attached hydrogens (tertiary/aromatic N) is 6. The number of nitrogen functional groups attached to an aromatic ring is 1. The molecule has 5 rings (SSSR count). The van der Waals surface area contributed by atoms with Gasteiger partial charge < -0.3 is 15.5 Å². The van der Waals surface area contributed by atoms with E-state index in [2.05, 4.69) is 35.7 Å². The molecular weight excluding hydrogens is 465 g/mol. The van der Waals surface area contributed by atoms with E-state index in [1.165, 1.54) is 10.9 Å². The zero-order chi connectivity index (χ0) is 24.0. The van der Waals surface area contributed by atoms with Gasteiger partial charge in [-0.2, -0.15) is 5.10 Å². The monoisotopic (exact) mass is 481 g/mol. The van der Waals surface area contributed by atoms with Crippen LogP contribution in [0.5, 0.6) is 0 Å². The Morgan fingerprint density at radius 1 is 1.26 bits per heavy atom. The summed E-state index contributed by atoms with van der Waals surface area (Å²) in [7, 11) is 0. The summed E-state index contributed by atoms with van der Waals surface area (Å²) in [6, 6.07) is 8.29. The molecule has 1 atom stereocenters. The third kappa shape index (κ3) is 3.63. The van der Waals surface area contributed by atoms with Crippen molar-refractivity contribution in [2.75, 3.05) is 11.1 Å². The molecule has 5 aromatic rings. The minimum absolute atomic E-state index is 0.0129. The number of fused-ring (bicyclic) bond motifs is 1. The van der Waals surface area contributed by atoms with Crippen LogP contribution in [0.25, 0.3) is 28.0 Å². The summed E-state index contributed by atoms with van der Waals surface area (Å²) in [5, 5.41) is 18.5. The van der Waals surface area contributed by atoms with E-state index >= 15 is 0 Å². The Bertz CT molecular complexity index is 1590. The lowest BCUT2D eigenvalue weighted by molar-refractivity contribution is 0.343. The zero-order valence-corrected chi connectivity index (χ0v) is 18.6. The van der Waals surface area contributed by atoms with Crippen molar-refractivity contribution in [3.63, 3.8) is 0 Å². The van der Waals surface area contributed by atoms with Gasteiger partial charge >= 0.3 is 6.14 Å². The summed E-state index contributed by atoms with van der Waals surface area (Å²) in [4.78, 5) is 21.7. The molecule has 0 aliphatic heterocycles. The first-order chi connectivity index (χ1) is 16.3. The largest absolute Gasteiger partial charge is 0.402 e. The number of nitrogens with two attached hydrogens (primary N) is 1. The van der Waals surface area contributed by atoms with Gasteiger partial charge in [0.1, 0.15) is 23.5 Å². The maximum absolute atomic E-state index is 13.6. The Morgan fingerprint density at radius 2 is 2.09 bits per heavy atom. The molecule has 0 aliphatic rings. The lowest BCUT2D eigenvalue weighted by Crippen LogP contribution is -2.26. The molecule has 0 fully saturated rings. The lowest BCUT2D eigenvalue weighted by atomic mass is 10.1. The van der Waals surface area contributed by atoms with Crippen LogP contribution in [0.15, 0.2) is 45.9 Å². The van der Waals surface area contributed by atoms with Crippen LogP contribution in [0, 0.1) is 13.1 Å². The molecular formula is C21H17ClFN9O2. The Hall–Kier alpha value is -4.32. The number of pyridine rings is 1. The van der Waals surface area contributed by atoms with Crippen molar-refractivity contribution < 1.29 is 8.81 Å². The van der Waals surface area contributed by atoms with E-state index < -0.39 is 12.2 Å². The van der Waals surface area contributed by atoms with Gasteiger partial charge in [-0.25, -0.2) is 9.97 Å². The number of hydrogen-bond donors (Lipinski definition) is 3. The summed E-state index contributed by atoms with van der Waals surface area (Å²) in [6.45, 7) is 3.65. The average molecular weight is 482 g/mol. The molecule has 1 unspecified atom stereocenters. The van der Waals surface area contributed by atoms with E-state index in [-0.39, 0.29) is 28.6 Å². The molecule has 11 nitrogen and oxygen atoms in total. The van der Waals surface area contributed by atoms with E-state index in [1.807, 2.05) is 19.9 Å². The highest BCUT2D eigenvalue weighted by Crippen LogP contribution is 2.32. The van der Waals surface area contributed by atoms with Gasteiger partial charge in [0, 0.05) is 11.8 Å². The van der Waals surface area contributed by atoms with Gasteiger partial charge in [-0.05, 0) is 31.4 Å². The van der Waals surface area contributed by atoms with Gasteiger partial charge in [-0.15, -0.1) is 9.49 Å². The topological polar surface area (TPSA) is 153 Å². The number of hydrogen-bond acceptors (Lipinski definition) is 9. The molecule has 172 valence electrons. The summed E-state index contributed by atoms with van der Waals surface area (Å²) in [6.07, 6.45) is 0.122. The second kappa shape index (κ2) is 8.23. The number of aromatic nitrogens is 7. The zero-order valence-electron chi connectivity index (χ0n) is 17.9.